The molecule has 102 valence electrons. The predicted octanol–water partition coefficient (Wildman–Crippen LogP) is 2.32. The number of nitrogens with zero attached hydrogens (tertiary/aromatic N) is 1. The van der Waals surface area contributed by atoms with Crippen molar-refractivity contribution in [2.75, 3.05) is 19.8 Å². The summed E-state index contributed by atoms with van der Waals surface area (Å²) in [5.41, 5.74) is 1.46. The van der Waals surface area contributed by atoms with Gasteiger partial charge >= 0.3 is 0 Å². The van der Waals surface area contributed by atoms with Crippen LogP contribution < -0.4 is 4.74 Å². The number of aliphatic hydroxyl groups is 1. The third kappa shape index (κ3) is 5.47. The van der Waals surface area contributed by atoms with E-state index in [1.807, 2.05) is 19.1 Å². The molecular weight excluding hydrogens is 230 g/mol. The molecule has 0 radical (unpaired) electrons. The van der Waals surface area contributed by atoms with E-state index >= 15 is 0 Å². The average Bonchev–Trinajstić information content (AvgIpc) is 2.34. The number of aliphatic hydroxyl groups excluding tert-OH is 1. The van der Waals surface area contributed by atoms with Crippen LogP contribution >= 0.6 is 0 Å². The summed E-state index contributed by atoms with van der Waals surface area (Å²) in [6, 6.07) is 3.70. The van der Waals surface area contributed by atoms with Crippen LogP contribution in [-0.4, -0.2) is 29.9 Å². The quantitative estimate of drug-likeness (QED) is 0.722. The first-order chi connectivity index (χ1) is 8.63. The Labute approximate surface area is 109 Å². The van der Waals surface area contributed by atoms with Crippen molar-refractivity contribution < 1.29 is 14.6 Å². The lowest BCUT2D eigenvalue weighted by molar-refractivity contribution is 0.0915. The fourth-order valence-electron chi connectivity index (χ4n) is 1.47. The molecule has 4 heteroatoms. The summed E-state index contributed by atoms with van der Waals surface area (Å²) in [4.78, 5) is 4.21. The predicted molar refractivity (Wildman–Crippen MR) is 70.7 cm³/mol. The normalized spacial score (nSPS) is 10.9. The SMILES string of the molecule is Cc1ccc(OCCOCCC(C)C)c(CO)n1. The van der Waals surface area contributed by atoms with Crippen molar-refractivity contribution in [3.05, 3.63) is 23.5 Å². The molecule has 4 nitrogen and oxygen atoms in total. The van der Waals surface area contributed by atoms with Crippen LogP contribution in [0.1, 0.15) is 31.7 Å². The van der Waals surface area contributed by atoms with E-state index in [0.717, 1.165) is 18.7 Å². The van der Waals surface area contributed by atoms with Crippen LogP contribution in [0.15, 0.2) is 12.1 Å². The minimum Gasteiger partial charge on any atom is -0.489 e. The first-order valence-electron chi connectivity index (χ1n) is 6.41. The number of ether oxygens (including phenoxy) is 2. The Bertz CT molecular complexity index is 353. The van der Waals surface area contributed by atoms with Crippen LogP contribution in [0.3, 0.4) is 0 Å². The molecule has 0 bridgehead atoms. The molecular formula is C14H23NO3. The molecule has 0 atom stereocenters. The van der Waals surface area contributed by atoms with Crippen LogP contribution in [0.25, 0.3) is 0 Å². The van der Waals surface area contributed by atoms with Gasteiger partial charge in [-0.1, -0.05) is 13.8 Å². The second kappa shape index (κ2) is 8.06. The first kappa shape index (κ1) is 14.9. The van der Waals surface area contributed by atoms with Gasteiger partial charge in [0.2, 0.25) is 0 Å². The number of hydrogen-bond acceptors (Lipinski definition) is 4. The summed E-state index contributed by atoms with van der Waals surface area (Å²) in [5, 5.41) is 9.17. The minimum absolute atomic E-state index is 0.106. The minimum atomic E-state index is -0.106. The van der Waals surface area contributed by atoms with E-state index in [1.54, 1.807) is 0 Å². The number of aryl methyl sites for hydroxylation is 1. The summed E-state index contributed by atoms with van der Waals surface area (Å²) in [5.74, 6) is 1.30. The second-order valence-corrected chi connectivity index (χ2v) is 4.70. The molecule has 0 aliphatic rings. The molecule has 0 aromatic carbocycles. The lowest BCUT2D eigenvalue weighted by Crippen LogP contribution is -2.10. The molecule has 0 fully saturated rings. The van der Waals surface area contributed by atoms with Crippen molar-refractivity contribution in [3.8, 4) is 5.75 Å². The number of aromatic nitrogens is 1. The molecule has 0 saturated heterocycles. The summed E-state index contributed by atoms with van der Waals surface area (Å²) in [6.07, 6.45) is 1.06. The van der Waals surface area contributed by atoms with Crippen molar-refractivity contribution >= 4 is 0 Å². The molecule has 0 aliphatic carbocycles. The summed E-state index contributed by atoms with van der Waals surface area (Å²) < 4.78 is 11.0. The highest BCUT2D eigenvalue weighted by Gasteiger charge is 2.04. The zero-order valence-electron chi connectivity index (χ0n) is 11.5. The monoisotopic (exact) mass is 253 g/mol. The van der Waals surface area contributed by atoms with Gasteiger partial charge < -0.3 is 14.6 Å². The van der Waals surface area contributed by atoms with Crippen LogP contribution in [0.2, 0.25) is 0 Å². The summed E-state index contributed by atoms with van der Waals surface area (Å²) >= 11 is 0. The van der Waals surface area contributed by atoms with Gasteiger partial charge in [0.25, 0.3) is 0 Å². The summed E-state index contributed by atoms with van der Waals surface area (Å²) in [7, 11) is 0. The van der Waals surface area contributed by atoms with Gasteiger partial charge in [0, 0.05) is 12.3 Å². The van der Waals surface area contributed by atoms with Crippen molar-refractivity contribution in [3.63, 3.8) is 0 Å². The Morgan fingerprint density at radius 1 is 1.22 bits per heavy atom. The molecule has 0 amide bonds. The molecule has 0 spiro atoms. The lowest BCUT2D eigenvalue weighted by atomic mass is 10.1. The van der Waals surface area contributed by atoms with Crippen molar-refractivity contribution in [2.24, 2.45) is 5.92 Å². The smallest absolute Gasteiger partial charge is 0.143 e. The Hall–Kier alpha value is -1.13. The molecule has 0 unspecified atom stereocenters. The van der Waals surface area contributed by atoms with Crippen molar-refractivity contribution in [1.82, 2.24) is 4.98 Å². The van der Waals surface area contributed by atoms with Crippen LogP contribution in [0.5, 0.6) is 5.75 Å². The highest BCUT2D eigenvalue weighted by Crippen LogP contribution is 2.16. The van der Waals surface area contributed by atoms with Crippen LogP contribution in [0, 0.1) is 12.8 Å². The molecule has 1 N–H and O–H groups in total. The third-order valence-corrected chi connectivity index (χ3v) is 2.55. The highest BCUT2D eigenvalue weighted by atomic mass is 16.5. The van der Waals surface area contributed by atoms with Crippen LogP contribution in [-0.2, 0) is 11.3 Å². The first-order valence-corrected chi connectivity index (χ1v) is 6.41. The molecule has 1 rings (SSSR count). The molecule has 1 aromatic heterocycles. The topological polar surface area (TPSA) is 51.6 Å². The molecule has 1 heterocycles. The van der Waals surface area contributed by atoms with E-state index in [2.05, 4.69) is 18.8 Å². The fraction of sp³-hybridized carbons (Fsp3) is 0.643. The Kier molecular flexibility index (Phi) is 6.68. The van der Waals surface area contributed by atoms with E-state index < -0.39 is 0 Å². The third-order valence-electron chi connectivity index (χ3n) is 2.55. The van der Waals surface area contributed by atoms with Crippen molar-refractivity contribution in [2.45, 2.75) is 33.8 Å². The molecule has 18 heavy (non-hydrogen) atoms. The molecule has 1 aromatic rings. The number of rotatable bonds is 8. The van der Waals surface area contributed by atoms with Gasteiger partial charge in [0.05, 0.1) is 13.2 Å². The number of hydrogen-bond donors (Lipinski definition) is 1. The van der Waals surface area contributed by atoms with Gasteiger partial charge in [0.15, 0.2) is 0 Å². The van der Waals surface area contributed by atoms with E-state index in [0.29, 0.717) is 30.6 Å². The molecule has 0 aliphatic heterocycles. The average molecular weight is 253 g/mol. The highest BCUT2D eigenvalue weighted by molar-refractivity contribution is 5.28. The van der Waals surface area contributed by atoms with Gasteiger partial charge in [0.1, 0.15) is 18.1 Å². The maximum atomic E-state index is 9.17. The van der Waals surface area contributed by atoms with E-state index in [4.69, 9.17) is 9.47 Å². The van der Waals surface area contributed by atoms with Crippen LogP contribution in [0.4, 0.5) is 0 Å². The Balaban J connectivity index is 2.27. The van der Waals surface area contributed by atoms with E-state index in [9.17, 15) is 5.11 Å². The van der Waals surface area contributed by atoms with Gasteiger partial charge in [-0.3, -0.25) is 4.98 Å². The molecule has 0 saturated carbocycles. The fourth-order valence-corrected chi connectivity index (χ4v) is 1.47. The summed E-state index contributed by atoms with van der Waals surface area (Å²) in [6.45, 7) is 7.93. The lowest BCUT2D eigenvalue weighted by Gasteiger charge is -2.11. The van der Waals surface area contributed by atoms with Gasteiger partial charge in [-0.2, -0.15) is 0 Å². The maximum absolute atomic E-state index is 9.17. The largest absolute Gasteiger partial charge is 0.489 e. The van der Waals surface area contributed by atoms with E-state index in [1.165, 1.54) is 0 Å². The van der Waals surface area contributed by atoms with Gasteiger partial charge in [-0.15, -0.1) is 0 Å². The maximum Gasteiger partial charge on any atom is 0.143 e. The van der Waals surface area contributed by atoms with Gasteiger partial charge in [-0.05, 0) is 31.4 Å². The van der Waals surface area contributed by atoms with E-state index in [-0.39, 0.29) is 6.61 Å². The Morgan fingerprint density at radius 3 is 2.67 bits per heavy atom. The Morgan fingerprint density at radius 2 is 2.00 bits per heavy atom. The zero-order valence-corrected chi connectivity index (χ0v) is 11.5. The zero-order chi connectivity index (χ0) is 13.4. The number of pyridine rings is 1. The second-order valence-electron chi connectivity index (χ2n) is 4.70. The standard InChI is InChI=1S/C14H23NO3/c1-11(2)6-7-17-8-9-18-14-5-4-12(3)15-13(14)10-16/h4-5,11,16H,6-10H2,1-3H3. The van der Waals surface area contributed by atoms with Gasteiger partial charge in [-0.25, -0.2) is 0 Å². The van der Waals surface area contributed by atoms with Crippen molar-refractivity contribution in [1.29, 1.82) is 0 Å².